The largest absolute Gasteiger partial charge is 0.317 e. The number of rotatable bonds is 13. The zero-order valence-corrected chi connectivity index (χ0v) is 13.4. The maximum Gasteiger partial charge on any atom is 0.00923 e. The van der Waals surface area contributed by atoms with E-state index in [0.717, 1.165) is 12.0 Å². The fourth-order valence-electron chi connectivity index (χ4n) is 3.05. The SMILES string of the molecule is CCCCCCCCC(NC)C(CCC)CCC. The molecule has 18 heavy (non-hydrogen) atoms. The Morgan fingerprint density at radius 2 is 1.22 bits per heavy atom. The van der Waals surface area contributed by atoms with E-state index in [1.54, 1.807) is 0 Å². The molecule has 110 valence electrons. The fourth-order valence-corrected chi connectivity index (χ4v) is 3.05. The summed E-state index contributed by atoms with van der Waals surface area (Å²) in [6.07, 6.45) is 15.3. The van der Waals surface area contributed by atoms with E-state index in [0.29, 0.717) is 0 Å². The number of nitrogens with one attached hydrogen (secondary N) is 1. The van der Waals surface area contributed by atoms with Crippen molar-refractivity contribution in [3.63, 3.8) is 0 Å². The first kappa shape index (κ1) is 18.0. The topological polar surface area (TPSA) is 12.0 Å². The molecular formula is C17H37N. The molecule has 0 saturated carbocycles. The van der Waals surface area contributed by atoms with Crippen LogP contribution in [-0.4, -0.2) is 13.1 Å². The van der Waals surface area contributed by atoms with E-state index in [-0.39, 0.29) is 0 Å². The standard InChI is InChI=1S/C17H37N/c1-5-8-9-10-11-12-15-17(18-4)16(13-6-2)14-7-3/h16-18H,5-15H2,1-4H3. The third-order valence-corrected chi connectivity index (χ3v) is 4.13. The van der Waals surface area contributed by atoms with Crippen LogP contribution in [0.4, 0.5) is 0 Å². The van der Waals surface area contributed by atoms with Crippen molar-refractivity contribution in [3.05, 3.63) is 0 Å². The zero-order chi connectivity index (χ0) is 13.6. The van der Waals surface area contributed by atoms with Crippen LogP contribution in [0.25, 0.3) is 0 Å². The summed E-state index contributed by atoms with van der Waals surface area (Å²) in [5.41, 5.74) is 0. The van der Waals surface area contributed by atoms with Gasteiger partial charge in [0.2, 0.25) is 0 Å². The summed E-state index contributed by atoms with van der Waals surface area (Å²) in [7, 11) is 2.15. The second-order valence-electron chi connectivity index (χ2n) is 5.79. The molecule has 1 heteroatoms. The maximum absolute atomic E-state index is 3.57. The molecule has 0 heterocycles. The van der Waals surface area contributed by atoms with E-state index in [4.69, 9.17) is 0 Å². The average molecular weight is 255 g/mol. The Bertz CT molecular complexity index is 150. The van der Waals surface area contributed by atoms with Gasteiger partial charge in [-0.25, -0.2) is 0 Å². The van der Waals surface area contributed by atoms with Crippen molar-refractivity contribution in [2.75, 3.05) is 7.05 Å². The smallest absolute Gasteiger partial charge is 0.00923 e. The third-order valence-electron chi connectivity index (χ3n) is 4.13. The minimum atomic E-state index is 0.760. The normalized spacial score (nSPS) is 13.2. The average Bonchev–Trinajstić information content (AvgIpc) is 2.38. The van der Waals surface area contributed by atoms with Crippen molar-refractivity contribution in [1.82, 2.24) is 5.32 Å². The minimum absolute atomic E-state index is 0.760. The summed E-state index contributed by atoms with van der Waals surface area (Å²) in [6.45, 7) is 6.93. The highest BCUT2D eigenvalue weighted by atomic mass is 14.9. The molecule has 0 aromatic heterocycles. The molecule has 0 aliphatic rings. The molecule has 1 nitrogen and oxygen atoms in total. The van der Waals surface area contributed by atoms with Crippen LogP contribution >= 0.6 is 0 Å². The molecule has 0 aliphatic heterocycles. The zero-order valence-electron chi connectivity index (χ0n) is 13.4. The van der Waals surface area contributed by atoms with E-state index in [2.05, 4.69) is 33.1 Å². The van der Waals surface area contributed by atoms with Gasteiger partial charge in [-0.15, -0.1) is 0 Å². The van der Waals surface area contributed by atoms with Gasteiger partial charge in [0.15, 0.2) is 0 Å². The predicted octanol–water partition coefficient (Wildman–Crippen LogP) is 5.54. The summed E-state index contributed by atoms with van der Waals surface area (Å²) >= 11 is 0. The summed E-state index contributed by atoms with van der Waals surface area (Å²) in [4.78, 5) is 0. The lowest BCUT2D eigenvalue weighted by atomic mass is 9.87. The molecule has 0 amide bonds. The molecule has 0 aromatic carbocycles. The van der Waals surface area contributed by atoms with Gasteiger partial charge in [0, 0.05) is 6.04 Å². The second-order valence-corrected chi connectivity index (χ2v) is 5.79. The van der Waals surface area contributed by atoms with E-state index in [1.807, 2.05) is 0 Å². The Kier molecular flexibility index (Phi) is 13.4. The van der Waals surface area contributed by atoms with Crippen molar-refractivity contribution >= 4 is 0 Å². The third kappa shape index (κ3) is 8.97. The van der Waals surface area contributed by atoms with Crippen LogP contribution in [-0.2, 0) is 0 Å². The first-order valence-corrected chi connectivity index (χ1v) is 8.47. The summed E-state index contributed by atoms with van der Waals surface area (Å²) in [6, 6.07) is 0.760. The van der Waals surface area contributed by atoms with Crippen molar-refractivity contribution in [3.8, 4) is 0 Å². The van der Waals surface area contributed by atoms with Crippen LogP contribution in [0.1, 0.15) is 91.4 Å². The lowest BCUT2D eigenvalue weighted by Crippen LogP contribution is -2.33. The molecule has 0 aliphatic carbocycles. The van der Waals surface area contributed by atoms with Gasteiger partial charge in [-0.05, 0) is 32.2 Å². The van der Waals surface area contributed by atoms with Crippen LogP contribution in [0.5, 0.6) is 0 Å². The molecule has 1 N–H and O–H groups in total. The van der Waals surface area contributed by atoms with Gasteiger partial charge in [0.25, 0.3) is 0 Å². The quantitative estimate of drug-likeness (QED) is 0.426. The molecule has 0 saturated heterocycles. The summed E-state index contributed by atoms with van der Waals surface area (Å²) in [5.74, 6) is 0.903. The highest BCUT2D eigenvalue weighted by Crippen LogP contribution is 2.22. The number of unbranched alkanes of at least 4 members (excludes halogenated alkanes) is 5. The molecule has 0 rings (SSSR count). The van der Waals surface area contributed by atoms with Gasteiger partial charge in [-0.2, -0.15) is 0 Å². The number of hydrogen-bond acceptors (Lipinski definition) is 1. The molecule has 0 spiro atoms. The molecule has 0 radical (unpaired) electrons. The second kappa shape index (κ2) is 13.4. The Morgan fingerprint density at radius 3 is 1.72 bits per heavy atom. The molecule has 0 fully saturated rings. The Labute approximate surface area is 116 Å². The molecule has 0 aromatic rings. The van der Waals surface area contributed by atoms with Gasteiger partial charge < -0.3 is 5.32 Å². The van der Waals surface area contributed by atoms with Crippen LogP contribution in [0.3, 0.4) is 0 Å². The summed E-state index contributed by atoms with van der Waals surface area (Å²) < 4.78 is 0. The van der Waals surface area contributed by atoms with E-state index >= 15 is 0 Å². The maximum atomic E-state index is 3.57. The van der Waals surface area contributed by atoms with Crippen molar-refractivity contribution < 1.29 is 0 Å². The predicted molar refractivity (Wildman–Crippen MR) is 84.1 cm³/mol. The molecule has 1 atom stereocenters. The lowest BCUT2D eigenvalue weighted by molar-refractivity contribution is 0.303. The van der Waals surface area contributed by atoms with Gasteiger partial charge in [0.1, 0.15) is 0 Å². The van der Waals surface area contributed by atoms with Gasteiger partial charge in [-0.3, -0.25) is 0 Å². The number of hydrogen-bond donors (Lipinski definition) is 1. The van der Waals surface area contributed by atoms with Gasteiger partial charge >= 0.3 is 0 Å². The van der Waals surface area contributed by atoms with Crippen molar-refractivity contribution in [1.29, 1.82) is 0 Å². The van der Waals surface area contributed by atoms with E-state index in [1.165, 1.54) is 70.6 Å². The molecule has 0 bridgehead atoms. The first-order chi connectivity index (χ1) is 8.79. The highest BCUT2D eigenvalue weighted by Gasteiger charge is 2.17. The Morgan fingerprint density at radius 1 is 0.667 bits per heavy atom. The highest BCUT2D eigenvalue weighted by molar-refractivity contribution is 4.74. The minimum Gasteiger partial charge on any atom is -0.317 e. The first-order valence-electron chi connectivity index (χ1n) is 8.47. The molecule has 1 unspecified atom stereocenters. The Balaban J connectivity index is 3.77. The molecular weight excluding hydrogens is 218 g/mol. The van der Waals surface area contributed by atoms with E-state index in [9.17, 15) is 0 Å². The lowest BCUT2D eigenvalue weighted by Gasteiger charge is -2.26. The van der Waals surface area contributed by atoms with Crippen LogP contribution < -0.4 is 5.32 Å². The Hall–Kier alpha value is -0.0400. The fraction of sp³-hybridized carbons (Fsp3) is 1.00. The van der Waals surface area contributed by atoms with Gasteiger partial charge in [0.05, 0.1) is 0 Å². The van der Waals surface area contributed by atoms with Gasteiger partial charge in [-0.1, -0.05) is 72.1 Å². The van der Waals surface area contributed by atoms with Crippen LogP contribution in [0.15, 0.2) is 0 Å². The van der Waals surface area contributed by atoms with Crippen LogP contribution in [0, 0.1) is 5.92 Å². The van der Waals surface area contributed by atoms with E-state index < -0.39 is 0 Å². The van der Waals surface area contributed by atoms with Crippen molar-refractivity contribution in [2.24, 2.45) is 5.92 Å². The monoisotopic (exact) mass is 255 g/mol. The van der Waals surface area contributed by atoms with Crippen LogP contribution in [0.2, 0.25) is 0 Å². The van der Waals surface area contributed by atoms with Crippen molar-refractivity contribution in [2.45, 2.75) is 97.4 Å². The summed E-state index contributed by atoms with van der Waals surface area (Å²) in [5, 5.41) is 3.57.